The van der Waals surface area contributed by atoms with Gasteiger partial charge in [-0.05, 0) is 12.1 Å². The fourth-order valence-electron chi connectivity index (χ4n) is 2.08. The Morgan fingerprint density at radius 3 is 3.00 bits per heavy atom. The Morgan fingerprint density at radius 2 is 2.25 bits per heavy atom. The summed E-state index contributed by atoms with van der Waals surface area (Å²) in [6.45, 7) is 0.567. The Labute approximate surface area is 119 Å². The second-order valence-electron chi connectivity index (χ2n) is 4.27. The van der Waals surface area contributed by atoms with Gasteiger partial charge in [-0.2, -0.15) is 0 Å². The number of nitrogens with zero attached hydrogens (tertiary/aromatic N) is 3. The van der Waals surface area contributed by atoms with Crippen LogP contribution in [0.15, 0.2) is 46.4 Å². The van der Waals surface area contributed by atoms with Gasteiger partial charge in [0.2, 0.25) is 0 Å². The zero-order valence-corrected chi connectivity index (χ0v) is 11.2. The molecule has 0 spiro atoms. The van der Waals surface area contributed by atoms with Crippen molar-refractivity contribution in [2.45, 2.75) is 0 Å². The molecule has 20 heavy (non-hydrogen) atoms. The van der Waals surface area contributed by atoms with Crippen LogP contribution in [0.5, 0.6) is 0 Å². The first kappa shape index (κ1) is 12.9. The number of thioether (sulfide) groups is 1. The molecule has 0 radical (unpaired) electrons. The molecule has 0 atom stereocenters. The highest BCUT2D eigenvalue weighted by Gasteiger charge is 2.25. The molecule has 0 amide bonds. The number of fused-ring (bicyclic) bond motifs is 1. The van der Waals surface area contributed by atoms with Gasteiger partial charge in [-0.3, -0.25) is 10.1 Å². The van der Waals surface area contributed by atoms with Gasteiger partial charge >= 0.3 is 0 Å². The van der Waals surface area contributed by atoms with Gasteiger partial charge in [0, 0.05) is 23.7 Å². The Kier molecular flexibility index (Phi) is 3.29. The quantitative estimate of drug-likeness (QED) is 0.681. The summed E-state index contributed by atoms with van der Waals surface area (Å²) in [7, 11) is 0. The average Bonchev–Trinajstić information content (AvgIpc) is 2.89. The minimum atomic E-state index is -0.401. The molecule has 2 heterocycles. The number of nitro groups is 1. The van der Waals surface area contributed by atoms with Crippen molar-refractivity contribution in [1.29, 1.82) is 0 Å². The monoisotopic (exact) mass is 289 g/mol. The SMILES string of the molecule is O=[N+]([O-])c1ccccc1C1=CCN2C=C(CO)SC2=N1. The van der Waals surface area contributed by atoms with E-state index in [1.807, 2.05) is 17.2 Å². The number of para-hydroxylation sites is 1. The van der Waals surface area contributed by atoms with E-state index >= 15 is 0 Å². The number of aliphatic imine (C=N–C) groups is 1. The van der Waals surface area contributed by atoms with Crippen LogP contribution in [0.2, 0.25) is 0 Å². The molecule has 1 aromatic carbocycles. The maximum absolute atomic E-state index is 11.1. The Hall–Kier alpha value is -2.12. The van der Waals surface area contributed by atoms with E-state index in [9.17, 15) is 10.1 Å². The summed E-state index contributed by atoms with van der Waals surface area (Å²) in [5.41, 5.74) is 1.17. The Balaban J connectivity index is 1.95. The van der Waals surface area contributed by atoms with Crippen LogP contribution in [0.4, 0.5) is 5.69 Å². The maximum Gasteiger partial charge on any atom is 0.278 e. The summed E-state index contributed by atoms with van der Waals surface area (Å²) < 4.78 is 0. The van der Waals surface area contributed by atoms with Crippen molar-refractivity contribution in [2.24, 2.45) is 4.99 Å². The third-order valence-electron chi connectivity index (χ3n) is 3.00. The van der Waals surface area contributed by atoms with Crippen LogP contribution >= 0.6 is 11.8 Å². The molecule has 7 heteroatoms. The van der Waals surface area contributed by atoms with Crippen LogP contribution in [0, 0.1) is 10.1 Å². The fourth-order valence-corrected chi connectivity index (χ4v) is 2.94. The fraction of sp³-hybridized carbons (Fsp3) is 0.154. The molecule has 102 valence electrons. The van der Waals surface area contributed by atoms with Crippen molar-refractivity contribution in [3.05, 3.63) is 57.1 Å². The van der Waals surface area contributed by atoms with Crippen LogP contribution in [0.25, 0.3) is 5.70 Å². The summed E-state index contributed by atoms with van der Waals surface area (Å²) >= 11 is 1.38. The van der Waals surface area contributed by atoms with E-state index in [1.54, 1.807) is 18.2 Å². The Bertz CT molecular complexity index is 667. The number of benzene rings is 1. The van der Waals surface area contributed by atoms with Crippen molar-refractivity contribution in [3.8, 4) is 0 Å². The lowest BCUT2D eigenvalue weighted by Gasteiger charge is -2.19. The summed E-state index contributed by atoms with van der Waals surface area (Å²) in [5.74, 6) is 0. The molecule has 0 aromatic heterocycles. The molecule has 0 aliphatic carbocycles. The van der Waals surface area contributed by atoms with Gasteiger partial charge in [-0.25, -0.2) is 4.99 Å². The number of aliphatic hydroxyl groups is 1. The molecular weight excluding hydrogens is 278 g/mol. The van der Waals surface area contributed by atoms with Crippen molar-refractivity contribution in [1.82, 2.24) is 4.90 Å². The minimum Gasteiger partial charge on any atom is -0.391 e. The average molecular weight is 289 g/mol. The number of rotatable bonds is 3. The Morgan fingerprint density at radius 1 is 1.45 bits per heavy atom. The standard InChI is InChI=1S/C13H11N3O3S/c17-8-9-7-15-6-5-11(14-13(15)20-9)10-3-1-2-4-12(10)16(18)19/h1-5,7,17H,6,8H2. The number of aliphatic hydroxyl groups excluding tert-OH is 1. The van der Waals surface area contributed by atoms with Crippen molar-refractivity contribution in [3.63, 3.8) is 0 Å². The molecule has 2 aliphatic rings. The smallest absolute Gasteiger partial charge is 0.278 e. The first-order valence-electron chi connectivity index (χ1n) is 5.97. The summed E-state index contributed by atoms with van der Waals surface area (Å²) in [6.07, 6.45) is 3.69. The number of hydrogen-bond acceptors (Lipinski definition) is 6. The van der Waals surface area contributed by atoms with E-state index in [4.69, 9.17) is 5.11 Å². The van der Waals surface area contributed by atoms with E-state index in [0.29, 0.717) is 17.8 Å². The molecule has 0 bridgehead atoms. The van der Waals surface area contributed by atoms with Crippen molar-refractivity contribution >= 4 is 28.3 Å². The first-order chi connectivity index (χ1) is 9.69. The van der Waals surface area contributed by atoms with Crippen LogP contribution in [0.3, 0.4) is 0 Å². The molecule has 0 unspecified atom stereocenters. The van der Waals surface area contributed by atoms with Gasteiger partial charge in [-0.15, -0.1) is 0 Å². The highest BCUT2D eigenvalue weighted by molar-refractivity contribution is 8.17. The van der Waals surface area contributed by atoms with Crippen LogP contribution in [-0.4, -0.2) is 33.2 Å². The van der Waals surface area contributed by atoms with Crippen LogP contribution in [0.1, 0.15) is 5.56 Å². The molecule has 0 saturated carbocycles. The largest absolute Gasteiger partial charge is 0.391 e. The zero-order valence-electron chi connectivity index (χ0n) is 10.4. The van der Waals surface area contributed by atoms with E-state index in [2.05, 4.69) is 4.99 Å². The molecule has 2 aliphatic heterocycles. The molecular formula is C13H11N3O3S. The molecule has 1 aromatic rings. The van der Waals surface area contributed by atoms with Gasteiger partial charge in [0.05, 0.1) is 22.8 Å². The lowest BCUT2D eigenvalue weighted by molar-refractivity contribution is -0.385. The van der Waals surface area contributed by atoms with E-state index in [0.717, 1.165) is 10.1 Å². The van der Waals surface area contributed by atoms with Gasteiger partial charge in [-0.1, -0.05) is 23.9 Å². The second kappa shape index (κ2) is 5.10. The van der Waals surface area contributed by atoms with Gasteiger partial charge in [0.1, 0.15) is 0 Å². The molecule has 1 N–H and O–H groups in total. The number of nitro benzene ring substituents is 1. The predicted molar refractivity (Wildman–Crippen MR) is 78.0 cm³/mol. The first-order valence-corrected chi connectivity index (χ1v) is 6.79. The van der Waals surface area contributed by atoms with Crippen LogP contribution < -0.4 is 0 Å². The topological polar surface area (TPSA) is 79.0 Å². The molecule has 3 rings (SSSR count). The van der Waals surface area contributed by atoms with Gasteiger partial charge < -0.3 is 10.0 Å². The highest BCUT2D eigenvalue weighted by Crippen LogP contribution is 2.35. The van der Waals surface area contributed by atoms with Crippen LogP contribution in [-0.2, 0) is 0 Å². The van der Waals surface area contributed by atoms with E-state index in [1.165, 1.54) is 17.8 Å². The number of amidine groups is 1. The maximum atomic E-state index is 11.1. The van der Waals surface area contributed by atoms with Gasteiger partial charge in [0.25, 0.3) is 5.69 Å². The zero-order chi connectivity index (χ0) is 14.1. The van der Waals surface area contributed by atoms with Crippen molar-refractivity contribution in [2.75, 3.05) is 13.2 Å². The normalized spacial score (nSPS) is 17.2. The highest BCUT2D eigenvalue weighted by atomic mass is 32.2. The second-order valence-corrected chi connectivity index (χ2v) is 5.36. The summed E-state index contributed by atoms with van der Waals surface area (Å²) in [4.78, 5) is 17.8. The number of hydrogen-bond donors (Lipinski definition) is 1. The summed E-state index contributed by atoms with van der Waals surface area (Å²) in [5, 5.41) is 20.9. The predicted octanol–water partition coefficient (Wildman–Crippen LogP) is 2.19. The van der Waals surface area contributed by atoms with Gasteiger partial charge in [0.15, 0.2) is 5.17 Å². The summed E-state index contributed by atoms with van der Waals surface area (Å²) in [6, 6.07) is 6.57. The molecule has 0 saturated heterocycles. The molecule has 0 fully saturated rings. The molecule has 6 nitrogen and oxygen atoms in total. The third kappa shape index (κ3) is 2.21. The van der Waals surface area contributed by atoms with Crippen molar-refractivity contribution < 1.29 is 10.0 Å². The third-order valence-corrected chi connectivity index (χ3v) is 4.00. The minimum absolute atomic E-state index is 0.0268. The van der Waals surface area contributed by atoms with E-state index in [-0.39, 0.29) is 12.3 Å². The lowest BCUT2D eigenvalue weighted by atomic mass is 10.1. The van der Waals surface area contributed by atoms with E-state index < -0.39 is 4.92 Å². The lowest BCUT2D eigenvalue weighted by Crippen LogP contribution is -2.22.